The van der Waals surface area contributed by atoms with E-state index in [1.807, 2.05) is 6.20 Å². The summed E-state index contributed by atoms with van der Waals surface area (Å²) in [6, 6.07) is 0.360. The van der Waals surface area contributed by atoms with Crippen molar-refractivity contribution in [1.29, 1.82) is 0 Å². The van der Waals surface area contributed by atoms with Crippen LogP contribution in [-0.4, -0.2) is 29.1 Å². The predicted molar refractivity (Wildman–Crippen MR) is 72.8 cm³/mol. The Kier molecular flexibility index (Phi) is 3.20. The van der Waals surface area contributed by atoms with Gasteiger partial charge in [-0.3, -0.25) is 0 Å². The van der Waals surface area contributed by atoms with Crippen LogP contribution in [0.25, 0.3) is 0 Å². The Morgan fingerprint density at radius 1 is 1.33 bits per heavy atom. The molecule has 0 spiro atoms. The van der Waals surface area contributed by atoms with Gasteiger partial charge in [0, 0.05) is 31.2 Å². The molecule has 0 saturated carbocycles. The Hall–Kier alpha value is -1.16. The topological polar surface area (TPSA) is 55.0 Å². The zero-order chi connectivity index (χ0) is 12.5. The van der Waals surface area contributed by atoms with Gasteiger partial charge in [-0.25, -0.2) is 9.97 Å². The summed E-state index contributed by atoms with van der Waals surface area (Å²) in [7, 11) is 0. The third kappa shape index (κ3) is 2.09. The maximum absolute atomic E-state index is 5.94. The molecule has 2 aliphatic rings. The molecule has 0 aromatic carbocycles. The first kappa shape index (κ1) is 11.9. The Bertz CT molecular complexity index is 424. The lowest BCUT2D eigenvalue weighted by molar-refractivity contribution is 0.494. The predicted octanol–water partition coefficient (Wildman–Crippen LogP) is 1.84. The van der Waals surface area contributed by atoms with Crippen LogP contribution in [0.3, 0.4) is 0 Å². The minimum Gasteiger partial charge on any atom is -0.341 e. The van der Waals surface area contributed by atoms with Crippen LogP contribution in [0.1, 0.15) is 49.8 Å². The fraction of sp³-hybridized carbons (Fsp3) is 0.714. The molecule has 2 N–H and O–H groups in total. The van der Waals surface area contributed by atoms with Crippen LogP contribution in [0.2, 0.25) is 0 Å². The van der Waals surface area contributed by atoms with Crippen molar-refractivity contribution in [2.45, 2.75) is 51.0 Å². The summed E-state index contributed by atoms with van der Waals surface area (Å²) in [5, 5.41) is 0. The lowest BCUT2D eigenvalue weighted by Crippen LogP contribution is -2.40. The van der Waals surface area contributed by atoms with Crippen molar-refractivity contribution in [2.24, 2.45) is 5.73 Å². The fourth-order valence-electron chi connectivity index (χ4n) is 3.07. The van der Waals surface area contributed by atoms with Gasteiger partial charge in [0.2, 0.25) is 5.95 Å². The van der Waals surface area contributed by atoms with Gasteiger partial charge < -0.3 is 10.6 Å². The molecule has 3 rings (SSSR count). The summed E-state index contributed by atoms with van der Waals surface area (Å²) in [5.74, 6) is 1.56. The molecule has 0 radical (unpaired) electrons. The Labute approximate surface area is 109 Å². The van der Waals surface area contributed by atoms with Crippen molar-refractivity contribution in [3.05, 3.63) is 17.5 Å². The highest BCUT2D eigenvalue weighted by Crippen LogP contribution is 2.34. The highest BCUT2D eigenvalue weighted by Gasteiger charge is 2.25. The number of hydrogen-bond donors (Lipinski definition) is 1. The van der Waals surface area contributed by atoms with Crippen LogP contribution in [0, 0.1) is 0 Å². The van der Waals surface area contributed by atoms with Crippen LogP contribution in [0.15, 0.2) is 6.20 Å². The number of nitrogens with two attached hydrogens (primary N) is 1. The standard InChI is InChI=1S/C14H22N4/c1-2-10-3-4-11-9-16-14(17-13(10)11)18-7-5-12(15)6-8-18/h9-10,12H,2-8,15H2,1H3. The summed E-state index contributed by atoms with van der Waals surface area (Å²) in [6.07, 6.45) is 7.74. The van der Waals surface area contributed by atoms with E-state index in [0.717, 1.165) is 38.3 Å². The van der Waals surface area contributed by atoms with Gasteiger partial charge in [-0.1, -0.05) is 6.92 Å². The van der Waals surface area contributed by atoms with E-state index in [9.17, 15) is 0 Å². The van der Waals surface area contributed by atoms with Crippen LogP contribution < -0.4 is 10.6 Å². The molecule has 0 amide bonds. The highest BCUT2D eigenvalue weighted by molar-refractivity contribution is 5.37. The second-order valence-electron chi connectivity index (χ2n) is 5.55. The lowest BCUT2D eigenvalue weighted by Gasteiger charge is -2.30. The number of piperidine rings is 1. The van der Waals surface area contributed by atoms with Crippen molar-refractivity contribution in [1.82, 2.24) is 9.97 Å². The molecular formula is C14H22N4. The maximum atomic E-state index is 5.94. The van der Waals surface area contributed by atoms with Gasteiger partial charge in [0.05, 0.1) is 5.69 Å². The zero-order valence-corrected chi connectivity index (χ0v) is 11.1. The molecule has 1 aliphatic carbocycles. The second kappa shape index (κ2) is 4.84. The molecule has 4 heteroatoms. The van der Waals surface area contributed by atoms with Crippen LogP contribution >= 0.6 is 0 Å². The molecule has 1 aromatic heterocycles. The third-order valence-corrected chi connectivity index (χ3v) is 4.35. The summed E-state index contributed by atoms with van der Waals surface area (Å²) >= 11 is 0. The van der Waals surface area contributed by atoms with E-state index in [2.05, 4.69) is 16.8 Å². The largest absolute Gasteiger partial charge is 0.341 e. The maximum Gasteiger partial charge on any atom is 0.225 e. The van der Waals surface area contributed by atoms with E-state index < -0.39 is 0 Å². The van der Waals surface area contributed by atoms with Crippen molar-refractivity contribution in [3.8, 4) is 0 Å². The van der Waals surface area contributed by atoms with E-state index in [-0.39, 0.29) is 0 Å². The Morgan fingerprint density at radius 3 is 2.83 bits per heavy atom. The first-order chi connectivity index (χ1) is 8.78. The summed E-state index contributed by atoms with van der Waals surface area (Å²) < 4.78 is 0. The smallest absolute Gasteiger partial charge is 0.225 e. The second-order valence-corrected chi connectivity index (χ2v) is 5.55. The molecule has 4 nitrogen and oxygen atoms in total. The molecule has 1 unspecified atom stereocenters. The van der Waals surface area contributed by atoms with Gasteiger partial charge in [-0.15, -0.1) is 0 Å². The van der Waals surface area contributed by atoms with Gasteiger partial charge in [0.1, 0.15) is 0 Å². The Morgan fingerprint density at radius 2 is 2.11 bits per heavy atom. The summed E-state index contributed by atoms with van der Waals surface area (Å²) in [4.78, 5) is 11.7. The molecule has 2 heterocycles. The van der Waals surface area contributed by atoms with Gasteiger partial charge in [-0.2, -0.15) is 0 Å². The average molecular weight is 246 g/mol. The lowest BCUT2D eigenvalue weighted by atomic mass is 10.0. The molecule has 1 aromatic rings. The average Bonchev–Trinajstić information content (AvgIpc) is 2.81. The van der Waals surface area contributed by atoms with Crippen molar-refractivity contribution >= 4 is 5.95 Å². The quantitative estimate of drug-likeness (QED) is 0.865. The van der Waals surface area contributed by atoms with E-state index in [0.29, 0.717) is 12.0 Å². The van der Waals surface area contributed by atoms with Crippen molar-refractivity contribution < 1.29 is 0 Å². The van der Waals surface area contributed by atoms with Gasteiger partial charge >= 0.3 is 0 Å². The fourth-order valence-corrected chi connectivity index (χ4v) is 3.07. The summed E-state index contributed by atoms with van der Waals surface area (Å²) in [5.41, 5.74) is 8.60. The van der Waals surface area contributed by atoms with E-state index in [1.54, 1.807) is 0 Å². The first-order valence-corrected chi connectivity index (χ1v) is 7.14. The van der Waals surface area contributed by atoms with Crippen LogP contribution in [-0.2, 0) is 6.42 Å². The van der Waals surface area contributed by atoms with Crippen molar-refractivity contribution in [2.75, 3.05) is 18.0 Å². The Balaban J connectivity index is 1.82. The van der Waals surface area contributed by atoms with Gasteiger partial charge in [0.25, 0.3) is 0 Å². The van der Waals surface area contributed by atoms with Gasteiger partial charge in [-0.05, 0) is 37.7 Å². The van der Waals surface area contributed by atoms with E-state index in [1.165, 1.54) is 24.1 Å². The molecule has 18 heavy (non-hydrogen) atoms. The molecule has 0 bridgehead atoms. The van der Waals surface area contributed by atoms with E-state index >= 15 is 0 Å². The molecule has 1 fully saturated rings. The molecule has 1 aliphatic heterocycles. The number of anilines is 1. The SMILES string of the molecule is CCC1CCc2cnc(N3CCC(N)CC3)nc21. The van der Waals surface area contributed by atoms with E-state index in [4.69, 9.17) is 10.7 Å². The van der Waals surface area contributed by atoms with Gasteiger partial charge in [0.15, 0.2) is 0 Å². The number of aryl methyl sites for hydroxylation is 1. The molecule has 98 valence electrons. The number of aromatic nitrogens is 2. The molecule has 1 atom stereocenters. The number of rotatable bonds is 2. The first-order valence-electron chi connectivity index (χ1n) is 7.14. The minimum atomic E-state index is 0.360. The molecular weight excluding hydrogens is 224 g/mol. The van der Waals surface area contributed by atoms with Crippen LogP contribution in [0.4, 0.5) is 5.95 Å². The summed E-state index contributed by atoms with van der Waals surface area (Å²) in [6.45, 7) is 4.24. The minimum absolute atomic E-state index is 0.360. The number of hydrogen-bond acceptors (Lipinski definition) is 4. The van der Waals surface area contributed by atoms with Crippen molar-refractivity contribution in [3.63, 3.8) is 0 Å². The molecule has 1 saturated heterocycles. The third-order valence-electron chi connectivity index (χ3n) is 4.35. The number of fused-ring (bicyclic) bond motifs is 1. The number of nitrogens with zero attached hydrogens (tertiary/aromatic N) is 3. The zero-order valence-electron chi connectivity index (χ0n) is 11.1. The normalized spacial score (nSPS) is 24.3. The van der Waals surface area contributed by atoms with Crippen LogP contribution in [0.5, 0.6) is 0 Å². The highest BCUT2D eigenvalue weighted by atomic mass is 15.3. The monoisotopic (exact) mass is 246 g/mol.